The van der Waals surface area contributed by atoms with Crippen molar-refractivity contribution in [3.8, 4) is 0 Å². The molecule has 0 aliphatic carbocycles. The molecule has 0 amide bonds. The highest BCUT2D eigenvalue weighted by molar-refractivity contribution is 7.08. The van der Waals surface area contributed by atoms with E-state index in [1.165, 1.54) is 5.56 Å². The van der Waals surface area contributed by atoms with E-state index in [2.05, 4.69) is 33.1 Å². The highest BCUT2D eigenvalue weighted by atomic mass is 35.5. The second kappa shape index (κ2) is 6.46. The third-order valence-electron chi connectivity index (χ3n) is 3.65. The van der Waals surface area contributed by atoms with Crippen molar-refractivity contribution in [3.05, 3.63) is 56.2 Å². The van der Waals surface area contributed by atoms with E-state index in [0.717, 1.165) is 31.7 Å². The smallest absolute Gasteiger partial charge is 0.0643 e. The normalized spacial score (nSPS) is 18.1. The van der Waals surface area contributed by atoms with Crippen molar-refractivity contribution in [2.24, 2.45) is 0 Å². The van der Waals surface area contributed by atoms with Crippen molar-refractivity contribution in [1.29, 1.82) is 0 Å². The molecule has 1 unspecified atom stereocenters. The molecule has 1 aromatic heterocycles. The molecule has 2 aromatic rings. The molecule has 0 spiro atoms. The van der Waals surface area contributed by atoms with Gasteiger partial charge in [-0.15, -0.1) is 0 Å². The van der Waals surface area contributed by atoms with Crippen LogP contribution in [0.25, 0.3) is 0 Å². The average molecular weight is 327 g/mol. The third-order valence-corrected chi connectivity index (χ3v) is 5.19. The molecule has 2 nitrogen and oxygen atoms in total. The van der Waals surface area contributed by atoms with Gasteiger partial charge in [-0.3, -0.25) is 4.90 Å². The van der Waals surface area contributed by atoms with Crippen LogP contribution in [-0.2, 0) is 0 Å². The second-order valence-corrected chi connectivity index (χ2v) is 6.45. The number of nitrogens with one attached hydrogen (secondary N) is 1. The molecular weight excluding hydrogens is 311 g/mol. The summed E-state index contributed by atoms with van der Waals surface area (Å²) in [5.41, 5.74) is 2.39. The molecule has 106 valence electrons. The van der Waals surface area contributed by atoms with Crippen molar-refractivity contribution in [2.75, 3.05) is 26.2 Å². The zero-order chi connectivity index (χ0) is 13.9. The second-order valence-electron chi connectivity index (χ2n) is 4.89. The maximum Gasteiger partial charge on any atom is 0.0643 e. The predicted molar refractivity (Wildman–Crippen MR) is 87.1 cm³/mol. The Hall–Kier alpha value is -0.580. The summed E-state index contributed by atoms with van der Waals surface area (Å²) >= 11 is 14.4. The molecule has 3 rings (SSSR count). The van der Waals surface area contributed by atoms with E-state index < -0.39 is 0 Å². The number of rotatable bonds is 3. The Balaban J connectivity index is 2.03. The van der Waals surface area contributed by atoms with E-state index >= 15 is 0 Å². The lowest BCUT2D eigenvalue weighted by molar-refractivity contribution is 0.199. The van der Waals surface area contributed by atoms with Gasteiger partial charge in [-0.05, 0) is 34.0 Å². The van der Waals surface area contributed by atoms with Gasteiger partial charge >= 0.3 is 0 Å². The zero-order valence-electron chi connectivity index (χ0n) is 11.0. The van der Waals surface area contributed by atoms with E-state index in [1.807, 2.05) is 12.1 Å². The number of hydrogen-bond acceptors (Lipinski definition) is 3. The topological polar surface area (TPSA) is 15.3 Å². The molecule has 0 bridgehead atoms. The number of thiophene rings is 1. The van der Waals surface area contributed by atoms with Gasteiger partial charge in [0.2, 0.25) is 0 Å². The van der Waals surface area contributed by atoms with Crippen LogP contribution in [0.1, 0.15) is 17.2 Å². The molecule has 2 heterocycles. The first kappa shape index (κ1) is 14.4. The Bertz CT molecular complexity index is 565. The number of piperazine rings is 1. The largest absolute Gasteiger partial charge is 0.314 e. The van der Waals surface area contributed by atoms with Gasteiger partial charge < -0.3 is 5.32 Å². The molecule has 0 saturated carbocycles. The summed E-state index contributed by atoms with van der Waals surface area (Å²) in [6.45, 7) is 4.06. The number of hydrogen-bond donors (Lipinski definition) is 1. The van der Waals surface area contributed by atoms with Gasteiger partial charge in [0.25, 0.3) is 0 Å². The van der Waals surface area contributed by atoms with Crippen molar-refractivity contribution in [2.45, 2.75) is 6.04 Å². The van der Waals surface area contributed by atoms with Crippen LogP contribution >= 0.6 is 34.5 Å². The molecule has 1 fully saturated rings. The van der Waals surface area contributed by atoms with Gasteiger partial charge in [0, 0.05) is 26.2 Å². The summed E-state index contributed by atoms with van der Waals surface area (Å²) in [5, 5.41) is 9.00. The van der Waals surface area contributed by atoms with E-state index in [0.29, 0.717) is 10.0 Å². The quantitative estimate of drug-likeness (QED) is 0.915. The van der Waals surface area contributed by atoms with Crippen LogP contribution in [0.15, 0.2) is 35.0 Å². The van der Waals surface area contributed by atoms with Gasteiger partial charge in [0.05, 0.1) is 16.1 Å². The van der Waals surface area contributed by atoms with Crippen molar-refractivity contribution < 1.29 is 0 Å². The van der Waals surface area contributed by atoms with E-state index in [1.54, 1.807) is 11.3 Å². The lowest BCUT2D eigenvalue weighted by Gasteiger charge is -2.35. The van der Waals surface area contributed by atoms with Gasteiger partial charge in [0.15, 0.2) is 0 Å². The molecule has 1 aliphatic heterocycles. The SMILES string of the molecule is Clc1cccc(C(c2ccsc2)N2CCNCC2)c1Cl. The minimum Gasteiger partial charge on any atom is -0.314 e. The van der Waals surface area contributed by atoms with Crippen LogP contribution in [0.2, 0.25) is 10.0 Å². The van der Waals surface area contributed by atoms with Crippen LogP contribution in [0.5, 0.6) is 0 Å². The number of halogens is 2. The Morgan fingerprint density at radius 3 is 2.65 bits per heavy atom. The monoisotopic (exact) mass is 326 g/mol. The standard InChI is InChI=1S/C15H16Cl2N2S/c16-13-3-1-2-12(14(13)17)15(11-4-9-20-10-11)19-7-5-18-6-8-19/h1-4,9-10,15,18H,5-8H2. The van der Waals surface area contributed by atoms with Crippen LogP contribution in [0.4, 0.5) is 0 Å². The Kier molecular flexibility index (Phi) is 4.64. The fourth-order valence-electron chi connectivity index (χ4n) is 2.69. The highest BCUT2D eigenvalue weighted by Gasteiger charge is 2.26. The first-order valence-electron chi connectivity index (χ1n) is 6.68. The first-order valence-corrected chi connectivity index (χ1v) is 8.38. The highest BCUT2D eigenvalue weighted by Crippen LogP contribution is 2.37. The first-order chi connectivity index (χ1) is 9.77. The summed E-state index contributed by atoms with van der Waals surface area (Å²) in [4.78, 5) is 2.47. The average Bonchev–Trinajstić information content (AvgIpc) is 2.99. The lowest BCUT2D eigenvalue weighted by Crippen LogP contribution is -2.45. The van der Waals surface area contributed by atoms with Crippen LogP contribution < -0.4 is 5.32 Å². The van der Waals surface area contributed by atoms with Crippen LogP contribution in [0.3, 0.4) is 0 Å². The van der Waals surface area contributed by atoms with Crippen LogP contribution in [-0.4, -0.2) is 31.1 Å². The van der Waals surface area contributed by atoms with Gasteiger partial charge in [-0.1, -0.05) is 35.3 Å². The van der Waals surface area contributed by atoms with Gasteiger partial charge in [-0.25, -0.2) is 0 Å². The van der Waals surface area contributed by atoms with Gasteiger partial charge in [0.1, 0.15) is 0 Å². The summed E-state index contributed by atoms with van der Waals surface area (Å²) < 4.78 is 0. The maximum absolute atomic E-state index is 6.45. The molecule has 0 radical (unpaired) electrons. The molecule has 5 heteroatoms. The predicted octanol–water partition coefficient (Wildman–Crippen LogP) is 4.05. The van der Waals surface area contributed by atoms with Crippen molar-refractivity contribution >= 4 is 34.5 Å². The fourth-order valence-corrected chi connectivity index (χ4v) is 3.78. The van der Waals surface area contributed by atoms with Crippen molar-refractivity contribution in [1.82, 2.24) is 10.2 Å². The molecule has 1 N–H and O–H groups in total. The maximum atomic E-state index is 6.45. The summed E-state index contributed by atoms with van der Waals surface area (Å²) in [7, 11) is 0. The number of nitrogens with zero attached hydrogens (tertiary/aromatic N) is 1. The zero-order valence-corrected chi connectivity index (χ0v) is 13.3. The molecule has 1 saturated heterocycles. The molecule has 1 atom stereocenters. The Labute approximate surface area is 133 Å². The summed E-state index contributed by atoms with van der Waals surface area (Å²) in [6.07, 6.45) is 0. The Morgan fingerprint density at radius 2 is 1.95 bits per heavy atom. The molecule has 1 aliphatic rings. The third kappa shape index (κ3) is 2.87. The molecule has 1 aromatic carbocycles. The molecular formula is C15H16Cl2N2S. The van der Waals surface area contributed by atoms with Crippen LogP contribution in [0, 0.1) is 0 Å². The van der Waals surface area contributed by atoms with E-state index in [9.17, 15) is 0 Å². The Morgan fingerprint density at radius 1 is 1.15 bits per heavy atom. The van der Waals surface area contributed by atoms with E-state index in [4.69, 9.17) is 23.2 Å². The summed E-state index contributed by atoms with van der Waals surface area (Å²) in [5.74, 6) is 0. The number of benzene rings is 1. The lowest BCUT2D eigenvalue weighted by atomic mass is 9.98. The minimum absolute atomic E-state index is 0.189. The van der Waals surface area contributed by atoms with E-state index in [-0.39, 0.29) is 6.04 Å². The molecule has 20 heavy (non-hydrogen) atoms. The summed E-state index contributed by atoms with van der Waals surface area (Å²) in [6, 6.07) is 8.27. The van der Waals surface area contributed by atoms with Crippen molar-refractivity contribution in [3.63, 3.8) is 0 Å². The minimum atomic E-state index is 0.189. The fraction of sp³-hybridized carbons (Fsp3) is 0.333. The van der Waals surface area contributed by atoms with Gasteiger partial charge in [-0.2, -0.15) is 11.3 Å².